The minimum Gasteiger partial charge on any atom is -0.367 e. The Morgan fingerprint density at radius 2 is 2.20 bits per heavy atom. The van der Waals surface area contributed by atoms with Crippen LogP contribution in [0.15, 0.2) is 12.4 Å². The van der Waals surface area contributed by atoms with Crippen LogP contribution in [0.1, 0.15) is 25.6 Å². The van der Waals surface area contributed by atoms with E-state index in [1.54, 1.807) is 17.7 Å². The minimum absolute atomic E-state index is 0.396. The van der Waals surface area contributed by atoms with Crippen LogP contribution >= 0.6 is 11.3 Å². The van der Waals surface area contributed by atoms with E-state index >= 15 is 0 Å². The number of fused-ring (bicyclic) bond motifs is 1. The lowest BCUT2D eigenvalue weighted by Crippen LogP contribution is -2.11. The fourth-order valence-corrected chi connectivity index (χ4v) is 2.40. The third-order valence-corrected chi connectivity index (χ3v) is 3.34. The summed E-state index contributed by atoms with van der Waals surface area (Å²) >= 11 is 1.75. The molecule has 0 aromatic carbocycles. The maximum atomic E-state index is 4.29. The number of anilines is 1. The largest absolute Gasteiger partial charge is 0.367 e. The van der Waals surface area contributed by atoms with Gasteiger partial charge >= 0.3 is 0 Å². The number of hydrogen-bond donors (Lipinski definition) is 1. The van der Waals surface area contributed by atoms with Gasteiger partial charge in [-0.15, -0.1) is 11.3 Å². The number of nitrogens with one attached hydrogen (secondary N) is 1. The van der Waals surface area contributed by atoms with Crippen LogP contribution in [0.2, 0.25) is 0 Å². The molecule has 0 aliphatic heterocycles. The van der Waals surface area contributed by atoms with E-state index < -0.39 is 0 Å². The lowest BCUT2D eigenvalue weighted by molar-refractivity contribution is 0.890. The summed E-state index contributed by atoms with van der Waals surface area (Å²) in [7, 11) is 0. The monoisotopic (exact) mass is 221 g/mol. The van der Waals surface area contributed by atoms with Crippen molar-refractivity contribution in [1.29, 1.82) is 0 Å². The van der Waals surface area contributed by atoms with Gasteiger partial charge in [-0.1, -0.05) is 6.92 Å². The van der Waals surface area contributed by atoms with Crippen molar-refractivity contribution >= 4 is 27.4 Å². The Hall–Kier alpha value is -1.16. The average Bonchev–Trinajstić information content (AvgIpc) is 2.61. The lowest BCUT2D eigenvalue weighted by atomic mass is 10.3. The molecule has 2 heterocycles. The van der Waals surface area contributed by atoms with Gasteiger partial charge in [0.05, 0.1) is 5.39 Å². The van der Waals surface area contributed by atoms with Gasteiger partial charge in [-0.05, 0) is 26.3 Å². The van der Waals surface area contributed by atoms with Crippen LogP contribution in [0.3, 0.4) is 0 Å². The zero-order chi connectivity index (χ0) is 10.8. The number of nitrogens with zero attached hydrogens (tertiary/aromatic N) is 2. The van der Waals surface area contributed by atoms with E-state index in [0.29, 0.717) is 6.04 Å². The summed E-state index contributed by atoms with van der Waals surface area (Å²) in [5.41, 5.74) is 0. The molecule has 0 atom stereocenters. The van der Waals surface area contributed by atoms with Crippen LogP contribution in [0, 0.1) is 0 Å². The predicted octanol–water partition coefficient (Wildman–Crippen LogP) is 3.07. The molecule has 0 amide bonds. The molecule has 3 nitrogen and oxygen atoms in total. The zero-order valence-corrected chi connectivity index (χ0v) is 10.1. The zero-order valence-electron chi connectivity index (χ0n) is 9.24. The Kier molecular flexibility index (Phi) is 2.86. The molecule has 0 saturated carbocycles. The molecular formula is C11H15N3S. The highest BCUT2D eigenvalue weighted by Crippen LogP contribution is 2.28. The van der Waals surface area contributed by atoms with Crippen molar-refractivity contribution in [2.75, 3.05) is 5.32 Å². The molecule has 15 heavy (non-hydrogen) atoms. The minimum atomic E-state index is 0.396. The molecule has 0 aliphatic carbocycles. The molecular weight excluding hydrogens is 206 g/mol. The summed E-state index contributed by atoms with van der Waals surface area (Å²) in [6.45, 7) is 6.38. The van der Waals surface area contributed by atoms with E-state index in [4.69, 9.17) is 0 Å². The standard InChI is InChI=1S/C11H15N3S/c1-4-8-5-9-10(14-7(2)3)12-6-13-11(9)15-8/h5-7H,4H2,1-3H3,(H,12,13,14). The van der Waals surface area contributed by atoms with Crippen LogP contribution in [-0.4, -0.2) is 16.0 Å². The highest BCUT2D eigenvalue weighted by Gasteiger charge is 2.08. The molecule has 0 bridgehead atoms. The van der Waals surface area contributed by atoms with Crippen LogP contribution in [0.25, 0.3) is 10.2 Å². The maximum absolute atomic E-state index is 4.29. The molecule has 80 valence electrons. The van der Waals surface area contributed by atoms with Gasteiger partial charge in [0.15, 0.2) is 0 Å². The van der Waals surface area contributed by atoms with Gasteiger partial charge in [0, 0.05) is 10.9 Å². The number of aryl methyl sites for hydroxylation is 1. The van der Waals surface area contributed by atoms with Crippen molar-refractivity contribution in [3.8, 4) is 0 Å². The summed E-state index contributed by atoms with van der Waals surface area (Å²) in [5, 5.41) is 4.49. The highest BCUT2D eigenvalue weighted by molar-refractivity contribution is 7.18. The topological polar surface area (TPSA) is 37.8 Å². The SMILES string of the molecule is CCc1cc2c(NC(C)C)ncnc2s1. The lowest BCUT2D eigenvalue weighted by Gasteiger charge is -2.08. The fraction of sp³-hybridized carbons (Fsp3) is 0.455. The van der Waals surface area contributed by atoms with Crippen molar-refractivity contribution in [2.24, 2.45) is 0 Å². The van der Waals surface area contributed by atoms with E-state index in [2.05, 4.69) is 42.1 Å². The summed E-state index contributed by atoms with van der Waals surface area (Å²) in [6.07, 6.45) is 2.69. The Bertz CT molecular complexity index is 462. The van der Waals surface area contributed by atoms with E-state index in [-0.39, 0.29) is 0 Å². The number of rotatable bonds is 3. The van der Waals surface area contributed by atoms with Crippen molar-refractivity contribution in [3.63, 3.8) is 0 Å². The molecule has 4 heteroatoms. The average molecular weight is 221 g/mol. The molecule has 2 rings (SSSR count). The molecule has 2 aromatic heterocycles. The number of aromatic nitrogens is 2. The molecule has 1 N–H and O–H groups in total. The molecule has 0 fully saturated rings. The Morgan fingerprint density at radius 1 is 1.40 bits per heavy atom. The van der Waals surface area contributed by atoms with Crippen molar-refractivity contribution < 1.29 is 0 Å². The smallest absolute Gasteiger partial charge is 0.138 e. The van der Waals surface area contributed by atoms with Crippen molar-refractivity contribution in [2.45, 2.75) is 33.2 Å². The number of hydrogen-bond acceptors (Lipinski definition) is 4. The van der Waals surface area contributed by atoms with Crippen LogP contribution in [-0.2, 0) is 6.42 Å². The molecule has 2 aromatic rings. The van der Waals surface area contributed by atoms with Gasteiger partial charge in [-0.2, -0.15) is 0 Å². The van der Waals surface area contributed by atoms with Crippen LogP contribution in [0.4, 0.5) is 5.82 Å². The van der Waals surface area contributed by atoms with Gasteiger partial charge in [-0.25, -0.2) is 9.97 Å². The van der Waals surface area contributed by atoms with Crippen LogP contribution in [0.5, 0.6) is 0 Å². The van der Waals surface area contributed by atoms with Crippen LogP contribution < -0.4 is 5.32 Å². The molecule has 0 unspecified atom stereocenters. The van der Waals surface area contributed by atoms with Gasteiger partial charge < -0.3 is 5.32 Å². The summed E-state index contributed by atoms with van der Waals surface area (Å²) in [4.78, 5) is 11.0. The molecule has 0 spiro atoms. The second-order valence-corrected chi connectivity index (χ2v) is 4.92. The van der Waals surface area contributed by atoms with E-state index in [9.17, 15) is 0 Å². The second-order valence-electron chi connectivity index (χ2n) is 3.81. The summed E-state index contributed by atoms with van der Waals surface area (Å²) in [5.74, 6) is 0.950. The van der Waals surface area contributed by atoms with E-state index in [1.807, 2.05) is 0 Å². The van der Waals surface area contributed by atoms with Gasteiger partial charge in [-0.3, -0.25) is 0 Å². The third kappa shape index (κ3) is 2.09. The molecule has 0 saturated heterocycles. The third-order valence-electron chi connectivity index (χ3n) is 2.15. The quantitative estimate of drug-likeness (QED) is 0.865. The Balaban J connectivity index is 2.49. The van der Waals surface area contributed by atoms with E-state index in [1.165, 1.54) is 4.88 Å². The Labute approximate surface area is 93.6 Å². The van der Waals surface area contributed by atoms with Gasteiger partial charge in [0.2, 0.25) is 0 Å². The van der Waals surface area contributed by atoms with Crippen molar-refractivity contribution in [1.82, 2.24) is 9.97 Å². The highest BCUT2D eigenvalue weighted by atomic mass is 32.1. The normalized spacial score (nSPS) is 11.2. The maximum Gasteiger partial charge on any atom is 0.138 e. The summed E-state index contributed by atoms with van der Waals surface area (Å²) in [6, 6.07) is 2.58. The predicted molar refractivity (Wildman–Crippen MR) is 65.6 cm³/mol. The number of thiophene rings is 1. The van der Waals surface area contributed by atoms with Gasteiger partial charge in [0.25, 0.3) is 0 Å². The summed E-state index contributed by atoms with van der Waals surface area (Å²) < 4.78 is 0. The first kappa shape index (κ1) is 10.4. The first-order valence-corrected chi connectivity index (χ1v) is 6.02. The van der Waals surface area contributed by atoms with Gasteiger partial charge in [0.1, 0.15) is 17.0 Å². The van der Waals surface area contributed by atoms with Crippen molar-refractivity contribution in [3.05, 3.63) is 17.3 Å². The molecule has 0 radical (unpaired) electrons. The first-order valence-electron chi connectivity index (χ1n) is 5.20. The fourth-order valence-electron chi connectivity index (χ4n) is 1.47. The molecule has 0 aliphatic rings. The second kappa shape index (κ2) is 4.14. The van der Waals surface area contributed by atoms with E-state index in [0.717, 1.165) is 22.5 Å². The first-order chi connectivity index (χ1) is 7.20. The Morgan fingerprint density at radius 3 is 2.87 bits per heavy atom.